The van der Waals surface area contributed by atoms with E-state index in [0.29, 0.717) is 5.56 Å². The molecule has 4 rings (SSSR count). The Kier molecular flexibility index (Phi) is 4.69. The number of aromatic nitrogens is 2. The van der Waals surface area contributed by atoms with E-state index in [-0.39, 0.29) is 41.6 Å². The van der Waals surface area contributed by atoms with E-state index in [1.165, 1.54) is 35.0 Å². The number of anilines is 1. The monoisotopic (exact) mass is 388 g/mol. The van der Waals surface area contributed by atoms with Crippen molar-refractivity contribution < 1.29 is 17.9 Å². The number of rotatable bonds is 4. The van der Waals surface area contributed by atoms with Crippen molar-refractivity contribution in [2.75, 3.05) is 17.5 Å². The van der Waals surface area contributed by atoms with E-state index in [1.54, 1.807) is 6.07 Å². The van der Waals surface area contributed by atoms with Gasteiger partial charge in [0.25, 0.3) is 15.9 Å². The zero-order chi connectivity index (χ0) is 18.9. The summed E-state index contributed by atoms with van der Waals surface area (Å²) in [4.78, 5) is 20.7. The maximum atomic E-state index is 13.0. The first-order valence-corrected chi connectivity index (χ1v) is 10.4. The lowest BCUT2D eigenvalue weighted by molar-refractivity contribution is 0.0937. The summed E-state index contributed by atoms with van der Waals surface area (Å²) in [5, 5.41) is 2.99. The fourth-order valence-corrected chi connectivity index (χ4v) is 4.82. The van der Waals surface area contributed by atoms with E-state index in [2.05, 4.69) is 15.3 Å². The third-order valence-electron chi connectivity index (χ3n) is 4.81. The van der Waals surface area contributed by atoms with Crippen LogP contribution in [0.1, 0.15) is 36.0 Å². The van der Waals surface area contributed by atoms with E-state index < -0.39 is 10.0 Å². The molecule has 1 aliphatic carbocycles. The summed E-state index contributed by atoms with van der Waals surface area (Å²) in [7, 11) is -3.82. The Labute approximate surface area is 157 Å². The molecule has 2 aromatic heterocycles. The number of pyridine rings is 2. The minimum absolute atomic E-state index is 0.0821. The molecule has 3 heterocycles. The number of amides is 1. The molecule has 0 saturated heterocycles. The Balaban J connectivity index is 1.66. The molecule has 0 spiro atoms. The zero-order valence-corrected chi connectivity index (χ0v) is 15.5. The molecule has 27 heavy (non-hydrogen) atoms. The van der Waals surface area contributed by atoms with Crippen molar-refractivity contribution in [1.82, 2.24) is 15.3 Å². The minimum atomic E-state index is -3.82. The Hall–Kier alpha value is -2.68. The molecule has 0 aromatic carbocycles. The van der Waals surface area contributed by atoms with Gasteiger partial charge >= 0.3 is 0 Å². The van der Waals surface area contributed by atoms with Crippen LogP contribution < -0.4 is 14.4 Å². The van der Waals surface area contributed by atoms with E-state index >= 15 is 0 Å². The second-order valence-corrected chi connectivity index (χ2v) is 8.48. The van der Waals surface area contributed by atoms with E-state index in [4.69, 9.17) is 4.74 Å². The molecule has 1 fully saturated rings. The number of carbonyl (C=O) groups is 1. The van der Waals surface area contributed by atoms with Gasteiger partial charge in [-0.3, -0.25) is 14.1 Å². The van der Waals surface area contributed by atoms with Crippen molar-refractivity contribution in [2.45, 2.75) is 36.6 Å². The number of carbonyl (C=O) groups excluding carboxylic acids is 1. The van der Waals surface area contributed by atoms with Gasteiger partial charge in [-0.2, -0.15) is 0 Å². The molecule has 1 amide bonds. The fraction of sp³-hybridized carbons (Fsp3) is 0.389. The number of nitrogens with zero attached hydrogens (tertiary/aromatic N) is 3. The maximum Gasteiger partial charge on any atom is 0.266 e. The van der Waals surface area contributed by atoms with E-state index in [0.717, 1.165) is 25.7 Å². The summed E-state index contributed by atoms with van der Waals surface area (Å²) in [6.45, 7) is 0.326. The molecule has 0 unspecified atom stereocenters. The third-order valence-corrected chi connectivity index (χ3v) is 6.61. The predicted octanol–water partition coefficient (Wildman–Crippen LogP) is 1.74. The molecule has 0 bridgehead atoms. The highest BCUT2D eigenvalue weighted by Gasteiger charge is 2.32. The number of nitrogens with one attached hydrogen (secondary N) is 1. The molecule has 1 saturated carbocycles. The van der Waals surface area contributed by atoms with Crippen molar-refractivity contribution in [3.63, 3.8) is 0 Å². The van der Waals surface area contributed by atoms with Gasteiger partial charge in [-0.1, -0.05) is 12.8 Å². The van der Waals surface area contributed by atoms with E-state index in [9.17, 15) is 13.2 Å². The third kappa shape index (κ3) is 3.46. The summed E-state index contributed by atoms with van der Waals surface area (Å²) in [6, 6.07) is 4.75. The number of sulfonamides is 1. The molecule has 8 nitrogen and oxygen atoms in total. The highest BCUT2D eigenvalue weighted by Crippen LogP contribution is 2.34. The molecule has 142 valence electrons. The second kappa shape index (κ2) is 7.15. The van der Waals surface area contributed by atoms with Crippen LogP contribution in [0.15, 0.2) is 41.7 Å². The number of hydrogen-bond donors (Lipinski definition) is 1. The van der Waals surface area contributed by atoms with Crippen LogP contribution in [0.4, 0.5) is 5.69 Å². The van der Waals surface area contributed by atoms with Crippen LogP contribution in [0.5, 0.6) is 5.88 Å². The van der Waals surface area contributed by atoms with Crippen LogP contribution in [-0.4, -0.2) is 43.5 Å². The molecule has 9 heteroatoms. The number of hydrogen-bond acceptors (Lipinski definition) is 6. The fourth-order valence-electron chi connectivity index (χ4n) is 3.42. The molecule has 2 aromatic rings. The molecular formula is C18H20N4O4S. The summed E-state index contributed by atoms with van der Waals surface area (Å²) in [5.41, 5.74) is 0.585. The zero-order valence-electron chi connectivity index (χ0n) is 14.7. The van der Waals surface area contributed by atoms with Gasteiger partial charge in [0.15, 0.2) is 0 Å². The van der Waals surface area contributed by atoms with E-state index in [1.807, 2.05) is 0 Å². The number of ether oxygens (including phenoxy) is 1. The van der Waals surface area contributed by atoms with Gasteiger partial charge in [0.1, 0.15) is 17.2 Å². The van der Waals surface area contributed by atoms with Crippen molar-refractivity contribution in [3.05, 3.63) is 42.4 Å². The SMILES string of the molecule is O=C(NC1CCCC1)c1cnc2c(c1)N(S(=O)(=O)c1cccnc1)CCO2. The van der Waals surface area contributed by atoms with Crippen LogP contribution in [-0.2, 0) is 10.0 Å². The van der Waals surface area contributed by atoms with Crippen molar-refractivity contribution in [1.29, 1.82) is 0 Å². The second-order valence-electron chi connectivity index (χ2n) is 6.62. The summed E-state index contributed by atoms with van der Waals surface area (Å²) in [6.07, 6.45) is 8.39. The van der Waals surface area contributed by atoms with Gasteiger partial charge in [0, 0.05) is 24.6 Å². The Morgan fingerprint density at radius 3 is 2.81 bits per heavy atom. The first kappa shape index (κ1) is 17.7. The van der Waals surface area contributed by atoms with Gasteiger partial charge in [-0.15, -0.1) is 0 Å². The quantitative estimate of drug-likeness (QED) is 0.856. The number of fused-ring (bicyclic) bond motifs is 1. The highest BCUT2D eigenvalue weighted by molar-refractivity contribution is 7.92. The summed E-state index contributed by atoms with van der Waals surface area (Å²) < 4.78 is 32.7. The van der Waals surface area contributed by atoms with Crippen LogP contribution >= 0.6 is 0 Å². The predicted molar refractivity (Wildman–Crippen MR) is 98.2 cm³/mol. The Morgan fingerprint density at radius 2 is 2.07 bits per heavy atom. The van der Waals surface area contributed by atoms with Gasteiger partial charge in [0.2, 0.25) is 5.88 Å². The van der Waals surface area contributed by atoms with Gasteiger partial charge in [-0.05, 0) is 31.0 Å². The minimum Gasteiger partial charge on any atom is -0.474 e. The van der Waals surface area contributed by atoms with Gasteiger partial charge < -0.3 is 10.1 Å². The lowest BCUT2D eigenvalue weighted by atomic mass is 10.2. The van der Waals surface area contributed by atoms with Crippen molar-refractivity contribution in [2.24, 2.45) is 0 Å². The molecule has 0 atom stereocenters. The van der Waals surface area contributed by atoms with Crippen molar-refractivity contribution in [3.8, 4) is 5.88 Å². The molecular weight excluding hydrogens is 368 g/mol. The van der Waals surface area contributed by atoms with Crippen molar-refractivity contribution >= 4 is 21.6 Å². The average Bonchev–Trinajstić information content (AvgIpc) is 3.20. The summed E-state index contributed by atoms with van der Waals surface area (Å²) in [5.74, 6) is -0.0485. The lowest BCUT2D eigenvalue weighted by Crippen LogP contribution is -2.39. The molecule has 1 aliphatic heterocycles. The molecule has 0 radical (unpaired) electrons. The first-order chi connectivity index (χ1) is 13.1. The standard InChI is InChI=1S/C18H20N4O4S/c23-17(21-14-4-1-2-5-14)13-10-16-18(20-11-13)26-9-8-22(16)27(24,25)15-6-3-7-19-12-15/h3,6-7,10-12,14H,1-2,4-5,8-9H2,(H,21,23). The van der Waals surface area contributed by atoms with Gasteiger partial charge in [0.05, 0.1) is 12.1 Å². The van der Waals surface area contributed by atoms with Crippen LogP contribution in [0.25, 0.3) is 0 Å². The normalized spacial score (nSPS) is 17.3. The van der Waals surface area contributed by atoms with Gasteiger partial charge in [-0.25, -0.2) is 13.4 Å². The highest BCUT2D eigenvalue weighted by atomic mass is 32.2. The van der Waals surface area contributed by atoms with Crippen LogP contribution in [0.2, 0.25) is 0 Å². The first-order valence-electron chi connectivity index (χ1n) is 8.92. The maximum absolute atomic E-state index is 13.0. The average molecular weight is 388 g/mol. The topological polar surface area (TPSA) is 101 Å². The summed E-state index contributed by atoms with van der Waals surface area (Å²) >= 11 is 0. The lowest BCUT2D eigenvalue weighted by Gasteiger charge is -2.29. The smallest absolute Gasteiger partial charge is 0.266 e. The molecule has 1 N–H and O–H groups in total. The Morgan fingerprint density at radius 1 is 1.26 bits per heavy atom. The van der Waals surface area contributed by atoms with Crippen LogP contribution in [0, 0.1) is 0 Å². The van der Waals surface area contributed by atoms with Crippen LogP contribution in [0.3, 0.4) is 0 Å². The largest absolute Gasteiger partial charge is 0.474 e. The molecule has 2 aliphatic rings. The Bertz CT molecular complexity index is 943.